The number of aliphatic carboxylic acids is 3. The molecule has 0 saturated heterocycles. The van der Waals surface area contributed by atoms with E-state index in [1.165, 1.54) is 0 Å². The summed E-state index contributed by atoms with van der Waals surface area (Å²) in [4.78, 5) is 35.5. The third kappa shape index (κ3) is 73.6. The van der Waals surface area contributed by atoms with E-state index in [9.17, 15) is 10.1 Å². The summed E-state index contributed by atoms with van der Waals surface area (Å²) in [6.07, 6.45) is -3.78. The average Bonchev–Trinajstić information content (AvgIpc) is 2.24. The number of rotatable bonds is 3. The summed E-state index contributed by atoms with van der Waals surface area (Å²) in [5.41, 5.74) is 0. The van der Waals surface area contributed by atoms with Gasteiger partial charge in [0.25, 0.3) is 17.9 Å². The maximum atomic E-state index is 9.58. The molecule has 12 nitrogen and oxygen atoms in total. The first-order valence-electron chi connectivity index (χ1n) is 4.98. The second-order valence-electron chi connectivity index (χ2n) is 3.01. The fourth-order valence-corrected chi connectivity index (χ4v) is 0.235. The van der Waals surface area contributed by atoms with Crippen LogP contribution in [0.25, 0.3) is 0 Å². The van der Waals surface area contributed by atoms with E-state index >= 15 is 0 Å². The molecule has 12 heteroatoms. The summed E-state index contributed by atoms with van der Waals surface area (Å²) < 4.78 is 0. The Morgan fingerprint density at radius 3 is 1.19 bits per heavy atom. The molecule has 21 heavy (non-hydrogen) atoms. The van der Waals surface area contributed by atoms with Crippen LogP contribution in [0, 0.1) is 10.1 Å². The predicted molar refractivity (Wildman–Crippen MR) is 66.0 cm³/mol. The van der Waals surface area contributed by atoms with Crippen LogP contribution in [0.2, 0.25) is 0 Å². The Hall–Kier alpha value is -2.31. The van der Waals surface area contributed by atoms with E-state index in [-0.39, 0.29) is 0 Å². The SMILES string of the molecule is CC(=O)O.CC(=O)O.CC(=O)O.O=[N+]([O-])C(O)C(O)CO. The maximum absolute atomic E-state index is 9.58. The standard InChI is InChI=1S/C3H7NO5.3C2H4O2/c5-1-2(6)3(7)4(8)9;3*1-2(3)4/h2-3,5-7H,1H2;3*1H3,(H,3,4). The zero-order chi connectivity index (χ0) is 18.2. The number of nitrogens with zero attached hydrogens (tertiary/aromatic N) is 1. The van der Waals surface area contributed by atoms with Crippen molar-refractivity contribution in [3.63, 3.8) is 0 Å². The molecule has 2 unspecified atom stereocenters. The Morgan fingerprint density at radius 1 is 0.952 bits per heavy atom. The number of carboxylic acids is 3. The van der Waals surface area contributed by atoms with Crippen molar-refractivity contribution in [1.29, 1.82) is 0 Å². The van der Waals surface area contributed by atoms with Crippen LogP contribution in [-0.2, 0) is 14.4 Å². The largest absolute Gasteiger partial charge is 0.481 e. The van der Waals surface area contributed by atoms with Gasteiger partial charge in [0.05, 0.1) is 11.5 Å². The number of aliphatic hydroxyl groups excluding tert-OH is 3. The van der Waals surface area contributed by atoms with Crippen LogP contribution < -0.4 is 0 Å². The van der Waals surface area contributed by atoms with Gasteiger partial charge in [0.2, 0.25) is 0 Å². The molecule has 0 rings (SSSR count). The summed E-state index contributed by atoms with van der Waals surface area (Å²) >= 11 is 0. The molecule has 0 aromatic carbocycles. The van der Waals surface area contributed by atoms with Crippen LogP contribution in [0.15, 0.2) is 0 Å². The lowest BCUT2D eigenvalue weighted by Crippen LogP contribution is -2.35. The number of hydrogen-bond donors (Lipinski definition) is 6. The van der Waals surface area contributed by atoms with Gasteiger partial charge in [-0.15, -0.1) is 0 Å². The van der Waals surface area contributed by atoms with Crippen molar-refractivity contribution in [2.24, 2.45) is 0 Å². The Morgan fingerprint density at radius 2 is 1.14 bits per heavy atom. The second-order valence-corrected chi connectivity index (χ2v) is 3.01. The third-order valence-corrected chi connectivity index (χ3v) is 0.747. The van der Waals surface area contributed by atoms with Crippen molar-refractivity contribution in [2.45, 2.75) is 33.1 Å². The predicted octanol–water partition coefficient (Wildman–Crippen LogP) is -1.79. The maximum Gasteiger partial charge on any atom is 0.341 e. The smallest absolute Gasteiger partial charge is 0.341 e. The van der Waals surface area contributed by atoms with Crippen LogP contribution in [0.3, 0.4) is 0 Å². The van der Waals surface area contributed by atoms with Crippen LogP contribution in [0.5, 0.6) is 0 Å². The van der Waals surface area contributed by atoms with Crippen molar-refractivity contribution in [2.75, 3.05) is 6.61 Å². The van der Waals surface area contributed by atoms with Crippen LogP contribution >= 0.6 is 0 Å². The number of nitro groups is 1. The van der Waals surface area contributed by atoms with Crippen molar-refractivity contribution < 1.29 is 49.9 Å². The first-order valence-corrected chi connectivity index (χ1v) is 4.98. The van der Waals surface area contributed by atoms with E-state index in [1.807, 2.05) is 0 Å². The molecule has 0 aliphatic heterocycles. The van der Waals surface area contributed by atoms with Gasteiger partial charge in [0, 0.05) is 20.8 Å². The molecule has 6 N–H and O–H groups in total. The molecule has 0 aliphatic carbocycles. The quantitative estimate of drug-likeness (QED) is 0.194. The Labute approximate surface area is 119 Å². The van der Waals surface area contributed by atoms with E-state index in [1.54, 1.807) is 0 Å². The second kappa shape index (κ2) is 17.7. The molecule has 0 spiro atoms. The Bertz CT molecular complexity index is 276. The first-order chi connectivity index (χ1) is 9.29. The summed E-state index contributed by atoms with van der Waals surface area (Å²) in [5, 5.41) is 56.5. The monoisotopic (exact) mass is 317 g/mol. The molecule has 126 valence electrons. The van der Waals surface area contributed by atoms with Gasteiger partial charge in [-0.25, -0.2) is 0 Å². The average molecular weight is 317 g/mol. The molecule has 0 saturated carbocycles. The highest BCUT2D eigenvalue weighted by Gasteiger charge is 2.25. The van der Waals surface area contributed by atoms with E-state index in [0.717, 1.165) is 20.8 Å². The van der Waals surface area contributed by atoms with E-state index in [4.69, 9.17) is 45.0 Å². The Balaban J connectivity index is -0.000000102. The molecular formula is C9H19NO11. The van der Waals surface area contributed by atoms with Crippen molar-refractivity contribution in [3.05, 3.63) is 10.1 Å². The lowest BCUT2D eigenvalue weighted by Gasteiger charge is -2.05. The third-order valence-electron chi connectivity index (χ3n) is 0.747. The number of carbonyl (C=O) groups is 3. The summed E-state index contributed by atoms with van der Waals surface area (Å²) in [7, 11) is 0. The van der Waals surface area contributed by atoms with Crippen molar-refractivity contribution in [3.8, 4) is 0 Å². The van der Waals surface area contributed by atoms with Crippen LogP contribution in [0.4, 0.5) is 0 Å². The molecule has 0 aromatic heterocycles. The fourth-order valence-electron chi connectivity index (χ4n) is 0.235. The van der Waals surface area contributed by atoms with Gasteiger partial charge >= 0.3 is 6.23 Å². The number of carboxylic acid groups (broad SMARTS) is 3. The van der Waals surface area contributed by atoms with E-state index in [0.29, 0.717) is 0 Å². The van der Waals surface area contributed by atoms with Crippen molar-refractivity contribution in [1.82, 2.24) is 0 Å². The van der Waals surface area contributed by atoms with Crippen molar-refractivity contribution >= 4 is 17.9 Å². The lowest BCUT2D eigenvalue weighted by molar-refractivity contribution is -0.583. The van der Waals surface area contributed by atoms with Gasteiger partial charge < -0.3 is 30.6 Å². The minimum absolute atomic E-state index is 0.817. The molecule has 0 amide bonds. The molecular weight excluding hydrogens is 298 g/mol. The normalized spacial score (nSPS) is 10.8. The van der Waals surface area contributed by atoms with Gasteiger partial charge in [0.15, 0.2) is 6.10 Å². The molecule has 0 radical (unpaired) electrons. The van der Waals surface area contributed by atoms with Gasteiger partial charge in [-0.1, -0.05) is 0 Å². The van der Waals surface area contributed by atoms with Gasteiger partial charge in [0.1, 0.15) is 0 Å². The van der Waals surface area contributed by atoms with E-state index in [2.05, 4.69) is 0 Å². The highest BCUT2D eigenvalue weighted by atomic mass is 16.7. The van der Waals surface area contributed by atoms with Gasteiger partial charge in [-0.05, 0) is 0 Å². The Kier molecular flexibility index (Phi) is 22.8. The highest BCUT2D eigenvalue weighted by molar-refractivity contribution is 5.63. The summed E-state index contributed by atoms with van der Waals surface area (Å²) in [5.74, 6) is -2.50. The number of aliphatic hydroxyl groups is 3. The van der Waals surface area contributed by atoms with Crippen LogP contribution in [0.1, 0.15) is 20.8 Å². The summed E-state index contributed by atoms with van der Waals surface area (Å²) in [6, 6.07) is 0. The van der Waals surface area contributed by atoms with E-state index < -0.39 is 41.8 Å². The lowest BCUT2D eigenvalue weighted by atomic mass is 10.3. The van der Waals surface area contributed by atoms with Gasteiger partial charge in [-0.3, -0.25) is 24.5 Å². The summed E-state index contributed by atoms with van der Waals surface area (Å²) in [6.45, 7) is 2.43. The topological polar surface area (TPSA) is 216 Å². The van der Waals surface area contributed by atoms with Crippen LogP contribution in [-0.4, -0.2) is 72.4 Å². The molecule has 0 aliphatic rings. The molecule has 0 bridgehead atoms. The highest BCUT2D eigenvalue weighted by Crippen LogP contribution is 1.91. The first kappa shape index (κ1) is 27.1. The van der Waals surface area contributed by atoms with Gasteiger partial charge in [-0.2, -0.15) is 0 Å². The molecule has 0 heterocycles. The molecule has 0 aromatic rings. The molecule has 2 atom stereocenters. The molecule has 0 fully saturated rings. The zero-order valence-corrected chi connectivity index (χ0v) is 11.5. The minimum Gasteiger partial charge on any atom is -0.481 e. The fraction of sp³-hybridized carbons (Fsp3) is 0.667. The zero-order valence-electron chi connectivity index (χ0n) is 11.5. The minimum atomic E-state index is -2.09. The number of hydrogen-bond acceptors (Lipinski definition) is 8.